The van der Waals surface area contributed by atoms with Crippen molar-refractivity contribution >= 4 is 11.7 Å². The van der Waals surface area contributed by atoms with Crippen LogP contribution in [0.4, 0.5) is 10.5 Å². The molecular weight excluding hydrogens is 230 g/mol. The molecule has 0 unspecified atom stereocenters. The van der Waals surface area contributed by atoms with Gasteiger partial charge in [0.2, 0.25) is 0 Å². The first-order valence-corrected chi connectivity index (χ1v) is 6.17. The van der Waals surface area contributed by atoms with Crippen LogP contribution in [0.3, 0.4) is 0 Å². The third-order valence-corrected chi connectivity index (χ3v) is 3.15. The predicted molar refractivity (Wildman–Crippen MR) is 71.1 cm³/mol. The summed E-state index contributed by atoms with van der Waals surface area (Å²) >= 11 is 0. The molecule has 2 N–H and O–H groups in total. The van der Waals surface area contributed by atoms with Crippen LogP contribution in [0, 0.1) is 0 Å². The summed E-state index contributed by atoms with van der Waals surface area (Å²) in [5, 5.41) is 6.07. The van der Waals surface area contributed by atoms with Gasteiger partial charge in [-0.25, -0.2) is 4.79 Å². The lowest BCUT2D eigenvalue weighted by Crippen LogP contribution is -2.59. The Morgan fingerprint density at radius 1 is 1.50 bits per heavy atom. The topological polar surface area (TPSA) is 53.6 Å². The van der Waals surface area contributed by atoms with Gasteiger partial charge in [-0.3, -0.25) is 0 Å². The molecular formula is C13H19N3O2. The van der Waals surface area contributed by atoms with Gasteiger partial charge in [0, 0.05) is 19.6 Å². The monoisotopic (exact) mass is 249 g/mol. The molecule has 98 valence electrons. The molecule has 0 spiro atoms. The number of para-hydroxylation sites is 2. The van der Waals surface area contributed by atoms with Gasteiger partial charge >= 0.3 is 6.03 Å². The smallest absolute Gasteiger partial charge is 0.322 e. The number of carbonyl (C=O) groups excluding carboxylic acids is 1. The number of hydrogen-bond acceptors (Lipinski definition) is 3. The number of urea groups is 1. The van der Waals surface area contributed by atoms with Gasteiger partial charge in [-0.1, -0.05) is 12.1 Å². The Labute approximate surface area is 107 Å². The van der Waals surface area contributed by atoms with Crippen LogP contribution in [0.2, 0.25) is 0 Å². The highest BCUT2D eigenvalue weighted by atomic mass is 16.5. The Morgan fingerprint density at radius 3 is 2.78 bits per heavy atom. The lowest BCUT2D eigenvalue weighted by atomic mass is 10.1. The number of hydrogen-bond donors (Lipinski definition) is 2. The van der Waals surface area contributed by atoms with Crippen LogP contribution in [-0.2, 0) is 0 Å². The summed E-state index contributed by atoms with van der Waals surface area (Å²) < 4.78 is 5.21. The van der Waals surface area contributed by atoms with E-state index in [0.29, 0.717) is 24.0 Å². The molecule has 0 aliphatic carbocycles. The molecule has 1 aliphatic heterocycles. The summed E-state index contributed by atoms with van der Waals surface area (Å²) in [6.07, 6.45) is 0. The minimum Gasteiger partial charge on any atom is -0.495 e. The molecule has 0 aromatic heterocycles. The van der Waals surface area contributed by atoms with Crippen molar-refractivity contribution in [1.29, 1.82) is 0 Å². The third-order valence-electron chi connectivity index (χ3n) is 3.15. The van der Waals surface area contributed by atoms with Crippen LogP contribution in [0.1, 0.15) is 6.92 Å². The predicted octanol–water partition coefficient (Wildman–Crippen LogP) is 1.52. The lowest BCUT2D eigenvalue weighted by molar-refractivity contribution is 0.165. The quantitative estimate of drug-likeness (QED) is 0.850. The van der Waals surface area contributed by atoms with Gasteiger partial charge in [0.05, 0.1) is 18.8 Å². The molecule has 0 radical (unpaired) electrons. The van der Waals surface area contributed by atoms with Gasteiger partial charge in [-0.15, -0.1) is 0 Å². The molecule has 2 amide bonds. The SMILES string of the molecule is CCN(C(=O)Nc1ccccc1OC)C1CNC1. The van der Waals surface area contributed by atoms with E-state index in [2.05, 4.69) is 10.6 Å². The molecule has 0 bridgehead atoms. The van der Waals surface area contributed by atoms with E-state index in [4.69, 9.17) is 4.74 Å². The number of ether oxygens (including phenoxy) is 1. The minimum absolute atomic E-state index is 0.0755. The number of nitrogens with zero attached hydrogens (tertiary/aromatic N) is 1. The Bertz CT molecular complexity index is 418. The molecule has 1 aromatic rings. The van der Waals surface area contributed by atoms with E-state index in [9.17, 15) is 4.79 Å². The first-order valence-electron chi connectivity index (χ1n) is 6.17. The summed E-state index contributed by atoms with van der Waals surface area (Å²) in [5.74, 6) is 0.675. The van der Waals surface area contributed by atoms with Gasteiger partial charge in [0.1, 0.15) is 5.75 Å². The van der Waals surface area contributed by atoms with Crippen molar-refractivity contribution in [3.05, 3.63) is 24.3 Å². The molecule has 0 saturated carbocycles. The minimum atomic E-state index is -0.0755. The van der Waals surface area contributed by atoms with E-state index < -0.39 is 0 Å². The van der Waals surface area contributed by atoms with Crippen molar-refractivity contribution in [3.8, 4) is 5.75 Å². The van der Waals surface area contributed by atoms with Crippen LogP contribution in [-0.4, -0.2) is 43.7 Å². The molecule has 1 aromatic carbocycles. The molecule has 1 fully saturated rings. The number of carbonyl (C=O) groups is 1. The zero-order valence-electron chi connectivity index (χ0n) is 10.8. The standard InChI is InChI=1S/C13H19N3O2/c1-3-16(10-8-14-9-10)13(17)15-11-6-4-5-7-12(11)18-2/h4-7,10,14H,3,8-9H2,1-2H3,(H,15,17). The Hall–Kier alpha value is -1.75. The lowest BCUT2D eigenvalue weighted by Gasteiger charge is -2.37. The van der Waals surface area contributed by atoms with Gasteiger partial charge in [0.15, 0.2) is 0 Å². The highest BCUT2D eigenvalue weighted by Gasteiger charge is 2.27. The first-order chi connectivity index (χ1) is 8.76. The van der Waals surface area contributed by atoms with Crippen LogP contribution in [0.5, 0.6) is 5.75 Å². The summed E-state index contributed by atoms with van der Waals surface area (Å²) in [5.41, 5.74) is 0.704. The van der Waals surface area contributed by atoms with E-state index in [1.54, 1.807) is 7.11 Å². The van der Waals surface area contributed by atoms with Gasteiger partial charge in [-0.2, -0.15) is 0 Å². The number of amides is 2. The largest absolute Gasteiger partial charge is 0.495 e. The summed E-state index contributed by atoms with van der Waals surface area (Å²) in [6.45, 7) is 4.42. The number of anilines is 1. The van der Waals surface area contributed by atoms with Gasteiger partial charge in [0.25, 0.3) is 0 Å². The maximum absolute atomic E-state index is 12.2. The van der Waals surface area contributed by atoms with E-state index in [1.807, 2.05) is 36.1 Å². The van der Waals surface area contributed by atoms with Crippen LogP contribution in [0.25, 0.3) is 0 Å². The maximum Gasteiger partial charge on any atom is 0.322 e. The van der Waals surface area contributed by atoms with Gasteiger partial charge < -0.3 is 20.3 Å². The molecule has 0 atom stereocenters. The maximum atomic E-state index is 12.2. The second-order valence-electron chi connectivity index (χ2n) is 4.23. The van der Waals surface area contributed by atoms with Crippen LogP contribution >= 0.6 is 0 Å². The highest BCUT2D eigenvalue weighted by molar-refractivity contribution is 5.91. The van der Waals surface area contributed by atoms with Crippen LogP contribution < -0.4 is 15.4 Å². The fraction of sp³-hybridized carbons (Fsp3) is 0.462. The van der Waals surface area contributed by atoms with Crippen molar-refractivity contribution < 1.29 is 9.53 Å². The van der Waals surface area contributed by atoms with Crippen molar-refractivity contribution in [2.45, 2.75) is 13.0 Å². The molecule has 2 rings (SSSR count). The van der Waals surface area contributed by atoms with E-state index in [0.717, 1.165) is 13.1 Å². The van der Waals surface area contributed by atoms with Crippen LogP contribution in [0.15, 0.2) is 24.3 Å². The Balaban J connectivity index is 2.05. The third kappa shape index (κ3) is 2.56. The zero-order valence-corrected chi connectivity index (χ0v) is 10.8. The van der Waals surface area contributed by atoms with Crippen molar-refractivity contribution in [2.75, 3.05) is 32.1 Å². The summed E-state index contributed by atoms with van der Waals surface area (Å²) in [4.78, 5) is 14.0. The highest BCUT2D eigenvalue weighted by Crippen LogP contribution is 2.23. The number of methoxy groups -OCH3 is 1. The Morgan fingerprint density at radius 2 is 2.22 bits per heavy atom. The summed E-state index contributed by atoms with van der Waals surface area (Å²) in [6, 6.07) is 7.64. The second-order valence-corrected chi connectivity index (χ2v) is 4.23. The second kappa shape index (κ2) is 5.73. The van der Waals surface area contributed by atoms with Crippen molar-refractivity contribution in [2.24, 2.45) is 0 Å². The first kappa shape index (κ1) is 12.7. The van der Waals surface area contributed by atoms with Crippen molar-refractivity contribution in [3.63, 3.8) is 0 Å². The average molecular weight is 249 g/mol. The van der Waals surface area contributed by atoms with Crippen molar-refractivity contribution in [1.82, 2.24) is 10.2 Å². The number of likely N-dealkylation sites (N-methyl/N-ethyl adjacent to an activating group) is 1. The molecule has 1 heterocycles. The average Bonchev–Trinajstić information content (AvgIpc) is 2.34. The Kier molecular flexibility index (Phi) is 4.04. The number of rotatable bonds is 4. The molecule has 1 aliphatic rings. The molecule has 5 nitrogen and oxygen atoms in total. The normalized spacial score (nSPS) is 14.8. The van der Waals surface area contributed by atoms with Gasteiger partial charge in [-0.05, 0) is 19.1 Å². The number of benzene rings is 1. The molecule has 5 heteroatoms. The molecule has 1 saturated heterocycles. The zero-order chi connectivity index (χ0) is 13.0. The fourth-order valence-electron chi connectivity index (χ4n) is 2.00. The number of nitrogens with one attached hydrogen (secondary N) is 2. The fourth-order valence-corrected chi connectivity index (χ4v) is 2.00. The molecule has 18 heavy (non-hydrogen) atoms. The van der Waals surface area contributed by atoms with E-state index >= 15 is 0 Å². The van der Waals surface area contributed by atoms with E-state index in [1.165, 1.54) is 0 Å². The summed E-state index contributed by atoms with van der Waals surface area (Å²) in [7, 11) is 1.60. The van der Waals surface area contributed by atoms with E-state index in [-0.39, 0.29) is 6.03 Å².